The highest BCUT2D eigenvalue weighted by Crippen LogP contribution is 2.26. The Hall–Kier alpha value is -1.00. The molecule has 1 fully saturated rings. The first-order valence-corrected chi connectivity index (χ1v) is 6.96. The third kappa shape index (κ3) is 3.27. The molecule has 0 spiro atoms. The number of rotatable bonds is 4. The van der Waals surface area contributed by atoms with Crippen molar-refractivity contribution >= 4 is 0 Å². The number of nitrogens with zero attached hydrogens (tertiary/aromatic N) is 3. The van der Waals surface area contributed by atoms with Crippen LogP contribution in [0.4, 0.5) is 0 Å². The summed E-state index contributed by atoms with van der Waals surface area (Å²) in [6, 6.07) is 2.03. The second-order valence-corrected chi connectivity index (χ2v) is 5.40. The maximum absolute atomic E-state index is 5.59. The van der Waals surface area contributed by atoms with Crippen LogP contribution in [0.5, 0.6) is 0 Å². The predicted octanol–water partition coefficient (Wildman–Crippen LogP) is 1.74. The van der Waals surface area contributed by atoms with Gasteiger partial charge in [0.15, 0.2) is 0 Å². The molecule has 0 radical (unpaired) electrons. The summed E-state index contributed by atoms with van der Waals surface area (Å²) in [5.74, 6) is 2.04. The van der Waals surface area contributed by atoms with Crippen molar-refractivity contribution in [2.24, 2.45) is 5.73 Å². The topological polar surface area (TPSA) is 55.0 Å². The van der Waals surface area contributed by atoms with Gasteiger partial charge in [0.2, 0.25) is 0 Å². The van der Waals surface area contributed by atoms with Gasteiger partial charge in [-0.1, -0.05) is 13.8 Å². The summed E-state index contributed by atoms with van der Waals surface area (Å²) in [4.78, 5) is 11.6. The van der Waals surface area contributed by atoms with Crippen molar-refractivity contribution in [3.63, 3.8) is 0 Å². The molecule has 4 nitrogen and oxygen atoms in total. The Morgan fingerprint density at radius 1 is 1.39 bits per heavy atom. The standard InChI is InChI=1S/C14H24N4/c1-11(2)13-3-7-16-14(17-13)12-4-8-18(9-5-12)10-6-15/h3,7,11-12H,4-6,8-10,15H2,1-2H3. The smallest absolute Gasteiger partial charge is 0.131 e. The van der Waals surface area contributed by atoms with E-state index in [0.29, 0.717) is 11.8 Å². The molecule has 0 aromatic carbocycles. The van der Waals surface area contributed by atoms with E-state index < -0.39 is 0 Å². The Morgan fingerprint density at radius 3 is 2.72 bits per heavy atom. The lowest BCUT2D eigenvalue weighted by Gasteiger charge is -2.30. The number of hydrogen-bond acceptors (Lipinski definition) is 4. The van der Waals surface area contributed by atoms with Gasteiger partial charge in [-0.15, -0.1) is 0 Å². The highest BCUT2D eigenvalue weighted by atomic mass is 15.1. The Bertz CT molecular complexity index is 370. The third-order valence-electron chi connectivity index (χ3n) is 3.69. The normalized spacial score (nSPS) is 18.4. The highest BCUT2D eigenvalue weighted by Gasteiger charge is 2.22. The summed E-state index contributed by atoms with van der Waals surface area (Å²) in [6.45, 7) is 8.36. The minimum absolute atomic E-state index is 0.476. The van der Waals surface area contributed by atoms with E-state index in [-0.39, 0.29) is 0 Å². The van der Waals surface area contributed by atoms with Crippen molar-refractivity contribution in [2.75, 3.05) is 26.2 Å². The van der Waals surface area contributed by atoms with E-state index in [0.717, 1.165) is 50.5 Å². The maximum Gasteiger partial charge on any atom is 0.131 e. The minimum Gasteiger partial charge on any atom is -0.329 e. The zero-order valence-electron chi connectivity index (χ0n) is 11.5. The van der Waals surface area contributed by atoms with Crippen LogP contribution < -0.4 is 5.73 Å². The van der Waals surface area contributed by atoms with Crippen molar-refractivity contribution in [1.82, 2.24) is 14.9 Å². The third-order valence-corrected chi connectivity index (χ3v) is 3.69. The van der Waals surface area contributed by atoms with Gasteiger partial charge in [-0.25, -0.2) is 9.97 Å². The predicted molar refractivity (Wildman–Crippen MR) is 73.6 cm³/mol. The van der Waals surface area contributed by atoms with Gasteiger partial charge in [0.25, 0.3) is 0 Å². The molecule has 1 aliphatic heterocycles. The van der Waals surface area contributed by atoms with Gasteiger partial charge in [0.05, 0.1) is 0 Å². The van der Waals surface area contributed by atoms with Crippen LogP contribution in [0.25, 0.3) is 0 Å². The Kier molecular flexibility index (Phi) is 4.66. The molecule has 2 N–H and O–H groups in total. The summed E-state index contributed by atoms with van der Waals surface area (Å²) >= 11 is 0. The average Bonchev–Trinajstić information content (AvgIpc) is 2.40. The molecule has 0 unspecified atom stereocenters. The Balaban J connectivity index is 1.98. The lowest BCUT2D eigenvalue weighted by molar-refractivity contribution is 0.214. The number of aromatic nitrogens is 2. The van der Waals surface area contributed by atoms with Gasteiger partial charge >= 0.3 is 0 Å². The Morgan fingerprint density at radius 2 is 2.11 bits per heavy atom. The minimum atomic E-state index is 0.476. The van der Waals surface area contributed by atoms with E-state index >= 15 is 0 Å². The second-order valence-electron chi connectivity index (χ2n) is 5.40. The van der Waals surface area contributed by atoms with Crippen LogP contribution in [0.3, 0.4) is 0 Å². The van der Waals surface area contributed by atoms with Gasteiger partial charge in [-0.05, 0) is 37.9 Å². The van der Waals surface area contributed by atoms with Crippen molar-refractivity contribution in [2.45, 2.75) is 38.5 Å². The summed E-state index contributed by atoms with van der Waals surface area (Å²) < 4.78 is 0. The summed E-state index contributed by atoms with van der Waals surface area (Å²) in [7, 11) is 0. The molecule has 0 atom stereocenters. The molecule has 1 aliphatic rings. The summed E-state index contributed by atoms with van der Waals surface area (Å²) in [5.41, 5.74) is 6.75. The van der Waals surface area contributed by atoms with Gasteiger partial charge in [-0.2, -0.15) is 0 Å². The number of nitrogens with two attached hydrogens (primary N) is 1. The summed E-state index contributed by atoms with van der Waals surface area (Å²) in [5, 5.41) is 0. The van der Waals surface area contributed by atoms with E-state index in [1.165, 1.54) is 0 Å². The number of piperidine rings is 1. The van der Waals surface area contributed by atoms with Crippen LogP contribution >= 0.6 is 0 Å². The average molecular weight is 248 g/mol. The molecule has 0 bridgehead atoms. The largest absolute Gasteiger partial charge is 0.329 e. The molecule has 1 saturated heterocycles. The first-order valence-electron chi connectivity index (χ1n) is 6.96. The first kappa shape index (κ1) is 13.4. The monoisotopic (exact) mass is 248 g/mol. The van der Waals surface area contributed by atoms with Crippen LogP contribution in [-0.4, -0.2) is 41.0 Å². The quantitative estimate of drug-likeness (QED) is 0.882. The molecule has 18 heavy (non-hydrogen) atoms. The van der Waals surface area contributed by atoms with Gasteiger partial charge in [0.1, 0.15) is 5.82 Å². The van der Waals surface area contributed by atoms with Gasteiger partial charge in [-0.3, -0.25) is 0 Å². The van der Waals surface area contributed by atoms with Crippen molar-refractivity contribution in [1.29, 1.82) is 0 Å². The Labute approximate surface area is 110 Å². The molecule has 4 heteroatoms. The molecule has 0 saturated carbocycles. The van der Waals surface area contributed by atoms with E-state index in [9.17, 15) is 0 Å². The van der Waals surface area contributed by atoms with Crippen molar-refractivity contribution < 1.29 is 0 Å². The second kappa shape index (κ2) is 6.25. The van der Waals surface area contributed by atoms with E-state index in [1.54, 1.807) is 0 Å². The molecule has 1 aromatic heterocycles. The fourth-order valence-electron chi connectivity index (χ4n) is 2.50. The van der Waals surface area contributed by atoms with E-state index in [1.807, 2.05) is 12.3 Å². The van der Waals surface area contributed by atoms with Crippen LogP contribution in [0.15, 0.2) is 12.3 Å². The van der Waals surface area contributed by atoms with Gasteiger partial charge in [0, 0.05) is 30.9 Å². The van der Waals surface area contributed by atoms with E-state index in [4.69, 9.17) is 10.7 Å². The van der Waals surface area contributed by atoms with E-state index in [2.05, 4.69) is 23.7 Å². The fourth-order valence-corrected chi connectivity index (χ4v) is 2.50. The first-order chi connectivity index (χ1) is 8.70. The lowest BCUT2D eigenvalue weighted by Crippen LogP contribution is -2.36. The zero-order valence-corrected chi connectivity index (χ0v) is 11.5. The summed E-state index contributed by atoms with van der Waals surface area (Å²) in [6.07, 6.45) is 4.22. The van der Waals surface area contributed by atoms with Crippen LogP contribution in [0, 0.1) is 0 Å². The molecule has 2 rings (SSSR count). The zero-order chi connectivity index (χ0) is 13.0. The maximum atomic E-state index is 5.59. The molecule has 100 valence electrons. The van der Waals surface area contributed by atoms with Gasteiger partial charge < -0.3 is 10.6 Å². The van der Waals surface area contributed by atoms with Crippen molar-refractivity contribution in [3.05, 3.63) is 23.8 Å². The highest BCUT2D eigenvalue weighted by molar-refractivity contribution is 5.09. The van der Waals surface area contributed by atoms with Crippen LogP contribution in [0.1, 0.15) is 50.0 Å². The fraction of sp³-hybridized carbons (Fsp3) is 0.714. The lowest BCUT2D eigenvalue weighted by atomic mass is 9.95. The molecule has 0 aliphatic carbocycles. The molecule has 2 heterocycles. The molecular weight excluding hydrogens is 224 g/mol. The van der Waals surface area contributed by atoms with Crippen LogP contribution in [0.2, 0.25) is 0 Å². The van der Waals surface area contributed by atoms with Crippen LogP contribution in [-0.2, 0) is 0 Å². The SMILES string of the molecule is CC(C)c1ccnc(C2CCN(CCN)CC2)n1. The number of likely N-dealkylation sites (tertiary alicyclic amines) is 1. The molecule has 1 aromatic rings. The number of hydrogen-bond donors (Lipinski definition) is 1. The molecule has 0 amide bonds. The van der Waals surface area contributed by atoms with Crippen molar-refractivity contribution in [3.8, 4) is 0 Å². The molecular formula is C14H24N4.